The van der Waals surface area contributed by atoms with E-state index in [2.05, 4.69) is 15.6 Å². The Labute approximate surface area is 106 Å². The minimum absolute atomic E-state index is 0.0769. The van der Waals surface area contributed by atoms with Crippen molar-refractivity contribution in [2.45, 2.75) is 26.3 Å². The summed E-state index contributed by atoms with van der Waals surface area (Å²) in [4.78, 5) is 24.5. The van der Waals surface area contributed by atoms with Gasteiger partial charge in [-0.15, -0.1) is 5.10 Å². The Hall–Kier alpha value is -1.92. The summed E-state index contributed by atoms with van der Waals surface area (Å²) in [7, 11) is 3.46. The fourth-order valence-electron chi connectivity index (χ4n) is 1.50. The van der Waals surface area contributed by atoms with Crippen molar-refractivity contribution in [3.05, 3.63) is 11.9 Å². The van der Waals surface area contributed by atoms with Crippen molar-refractivity contribution in [2.24, 2.45) is 7.05 Å². The van der Waals surface area contributed by atoms with Crippen molar-refractivity contribution in [3.8, 4) is 0 Å². The van der Waals surface area contributed by atoms with E-state index in [4.69, 9.17) is 0 Å². The van der Waals surface area contributed by atoms with Crippen molar-refractivity contribution in [1.29, 1.82) is 0 Å². The predicted octanol–water partition coefficient (Wildman–Crippen LogP) is -0.310. The molecule has 0 unspecified atom stereocenters. The van der Waals surface area contributed by atoms with Gasteiger partial charge in [0.05, 0.1) is 6.54 Å². The molecule has 0 atom stereocenters. The van der Waals surface area contributed by atoms with Crippen LogP contribution in [0, 0.1) is 0 Å². The molecule has 1 aromatic heterocycles. The van der Waals surface area contributed by atoms with Gasteiger partial charge in [0.1, 0.15) is 5.69 Å². The molecular formula is C11H19N5O2. The Morgan fingerprint density at radius 1 is 1.44 bits per heavy atom. The van der Waals surface area contributed by atoms with E-state index in [1.54, 1.807) is 29.9 Å². The molecule has 0 aliphatic carbocycles. The van der Waals surface area contributed by atoms with Crippen LogP contribution in [0.25, 0.3) is 0 Å². The lowest BCUT2D eigenvalue weighted by Gasteiger charge is -2.15. The normalized spacial score (nSPS) is 10.2. The number of hydrogen-bond donors (Lipinski definition) is 1. The number of aryl methyl sites for hydroxylation is 1. The molecule has 0 aliphatic heterocycles. The van der Waals surface area contributed by atoms with Crippen molar-refractivity contribution < 1.29 is 9.59 Å². The highest BCUT2D eigenvalue weighted by molar-refractivity contribution is 5.83. The maximum absolute atomic E-state index is 11.8. The summed E-state index contributed by atoms with van der Waals surface area (Å²) in [6.45, 7) is 2.84. The van der Waals surface area contributed by atoms with Crippen LogP contribution in [0.3, 0.4) is 0 Å². The number of nitrogens with zero attached hydrogens (tertiary/aromatic N) is 4. The summed E-state index contributed by atoms with van der Waals surface area (Å²) in [6.07, 6.45) is 2.19. The summed E-state index contributed by atoms with van der Waals surface area (Å²) in [5.74, 6) is -0.175. The average molecular weight is 253 g/mol. The molecular weight excluding hydrogens is 234 g/mol. The Balaban J connectivity index is 2.35. The van der Waals surface area contributed by atoms with Crippen LogP contribution in [0.15, 0.2) is 6.20 Å². The Morgan fingerprint density at radius 3 is 2.72 bits per heavy atom. The van der Waals surface area contributed by atoms with Crippen LogP contribution in [-0.4, -0.2) is 45.3 Å². The molecule has 0 aromatic carbocycles. The summed E-state index contributed by atoms with van der Waals surface area (Å²) in [6, 6.07) is 0. The molecule has 18 heavy (non-hydrogen) atoms. The lowest BCUT2D eigenvalue weighted by Crippen LogP contribution is -2.29. The third kappa shape index (κ3) is 4.52. The minimum Gasteiger partial charge on any atom is -0.356 e. The van der Waals surface area contributed by atoms with Gasteiger partial charge in [0.2, 0.25) is 11.8 Å². The van der Waals surface area contributed by atoms with Crippen molar-refractivity contribution in [3.63, 3.8) is 0 Å². The lowest BCUT2D eigenvalue weighted by atomic mass is 10.2. The van der Waals surface area contributed by atoms with E-state index in [-0.39, 0.29) is 24.7 Å². The van der Waals surface area contributed by atoms with Crippen LogP contribution in [0.5, 0.6) is 0 Å². The SMILES string of the molecule is CCNC(=O)CCC(=O)N(C)Cc1cn(C)nn1. The van der Waals surface area contributed by atoms with Gasteiger partial charge in [-0.1, -0.05) is 5.21 Å². The Bertz CT molecular complexity index is 415. The van der Waals surface area contributed by atoms with Crippen LogP contribution < -0.4 is 5.32 Å². The molecule has 0 spiro atoms. The van der Waals surface area contributed by atoms with E-state index in [0.717, 1.165) is 5.69 Å². The third-order valence-corrected chi connectivity index (χ3v) is 2.41. The number of nitrogens with one attached hydrogen (secondary N) is 1. The van der Waals surface area contributed by atoms with Gasteiger partial charge < -0.3 is 10.2 Å². The zero-order chi connectivity index (χ0) is 13.5. The van der Waals surface area contributed by atoms with Gasteiger partial charge in [-0.05, 0) is 6.92 Å². The number of carbonyl (C=O) groups excluding carboxylic acids is 2. The van der Waals surface area contributed by atoms with E-state index < -0.39 is 0 Å². The number of hydrogen-bond acceptors (Lipinski definition) is 4. The second-order valence-corrected chi connectivity index (χ2v) is 4.09. The molecule has 0 fully saturated rings. The molecule has 1 rings (SSSR count). The fourth-order valence-corrected chi connectivity index (χ4v) is 1.50. The molecule has 1 heterocycles. The monoisotopic (exact) mass is 253 g/mol. The molecule has 0 aliphatic rings. The molecule has 0 saturated heterocycles. The predicted molar refractivity (Wildman–Crippen MR) is 65.4 cm³/mol. The third-order valence-electron chi connectivity index (χ3n) is 2.41. The second-order valence-electron chi connectivity index (χ2n) is 4.09. The molecule has 7 heteroatoms. The van der Waals surface area contributed by atoms with Crippen molar-refractivity contribution in [2.75, 3.05) is 13.6 Å². The maximum Gasteiger partial charge on any atom is 0.223 e. The molecule has 0 radical (unpaired) electrons. The topological polar surface area (TPSA) is 80.1 Å². The van der Waals surface area contributed by atoms with Crippen LogP contribution in [0.2, 0.25) is 0 Å². The zero-order valence-electron chi connectivity index (χ0n) is 11.0. The van der Waals surface area contributed by atoms with E-state index in [9.17, 15) is 9.59 Å². The van der Waals surface area contributed by atoms with Gasteiger partial charge in [0.25, 0.3) is 0 Å². The van der Waals surface area contributed by atoms with Crippen molar-refractivity contribution >= 4 is 11.8 Å². The standard InChI is InChI=1S/C11H19N5O2/c1-4-12-10(17)5-6-11(18)15(2)7-9-8-16(3)14-13-9/h8H,4-7H2,1-3H3,(H,12,17). The van der Waals surface area contributed by atoms with Gasteiger partial charge in [-0.2, -0.15) is 0 Å². The van der Waals surface area contributed by atoms with E-state index >= 15 is 0 Å². The highest BCUT2D eigenvalue weighted by Gasteiger charge is 2.12. The van der Waals surface area contributed by atoms with Gasteiger partial charge in [0, 0.05) is 39.7 Å². The summed E-state index contributed by atoms with van der Waals surface area (Å²) in [5, 5.41) is 10.4. The number of amides is 2. The van der Waals surface area contributed by atoms with Gasteiger partial charge in [-0.25, -0.2) is 0 Å². The fraction of sp³-hybridized carbons (Fsp3) is 0.636. The largest absolute Gasteiger partial charge is 0.356 e. The van der Waals surface area contributed by atoms with Crippen LogP contribution >= 0.6 is 0 Å². The molecule has 1 N–H and O–H groups in total. The van der Waals surface area contributed by atoms with Crippen LogP contribution in [0.1, 0.15) is 25.5 Å². The first-order chi connectivity index (χ1) is 8.52. The maximum atomic E-state index is 11.8. The van der Waals surface area contributed by atoms with Crippen LogP contribution in [-0.2, 0) is 23.2 Å². The Morgan fingerprint density at radius 2 is 2.17 bits per heavy atom. The first-order valence-corrected chi connectivity index (χ1v) is 5.88. The first-order valence-electron chi connectivity index (χ1n) is 5.88. The smallest absolute Gasteiger partial charge is 0.223 e. The highest BCUT2D eigenvalue weighted by Crippen LogP contribution is 2.01. The summed E-state index contributed by atoms with van der Waals surface area (Å²) in [5.41, 5.74) is 0.728. The first kappa shape index (κ1) is 14.1. The summed E-state index contributed by atoms with van der Waals surface area (Å²) >= 11 is 0. The van der Waals surface area contributed by atoms with Gasteiger partial charge >= 0.3 is 0 Å². The van der Waals surface area contributed by atoms with Crippen molar-refractivity contribution in [1.82, 2.24) is 25.2 Å². The number of rotatable bonds is 6. The molecule has 1 aromatic rings. The van der Waals surface area contributed by atoms with E-state index in [0.29, 0.717) is 13.1 Å². The number of carbonyl (C=O) groups is 2. The molecule has 0 bridgehead atoms. The highest BCUT2D eigenvalue weighted by atomic mass is 16.2. The van der Waals surface area contributed by atoms with E-state index in [1.807, 2.05) is 6.92 Å². The molecule has 7 nitrogen and oxygen atoms in total. The summed E-state index contributed by atoms with van der Waals surface area (Å²) < 4.78 is 1.59. The molecule has 100 valence electrons. The zero-order valence-corrected chi connectivity index (χ0v) is 11.0. The minimum atomic E-state index is -0.0984. The Kier molecular flexibility index (Phi) is 5.29. The van der Waals surface area contributed by atoms with E-state index in [1.165, 1.54) is 0 Å². The molecule has 0 saturated carbocycles. The van der Waals surface area contributed by atoms with Gasteiger partial charge in [0.15, 0.2) is 0 Å². The van der Waals surface area contributed by atoms with Crippen LogP contribution in [0.4, 0.5) is 0 Å². The van der Waals surface area contributed by atoms with Gasteiger partial charge in [-0.3, -0.25) is 14.3 Å². The second kappa shape index (κ2) is 6.73. The average Bonchev–Trinajstić information content (AvgIpc) is 2.72. The lowest BCUT2D eigenvalue weighted by molar-refractivity contribution is -0.133. The molecule has 2 amide bonds. The quantitative estimate of drug-likeness (QED) is 0.754. The number of aromatic nitrogens is 3.